The summed E-state index contributed by atoms with van der Waals surface area (Å²) in [4.78, 5) is 2.43. The Bertz CT molecular complexity index is 192. The zero-order valence-corrected chi connectivity index (χ0v) is 10.7. The number of hydrogen-bond acceptors (Lipinski definition) is 3. The second kappa shape index (κ2) is 6.58. The minimum absolute atomic E-state index is 0.704. The van der Waals surface area contributed by atoms with Gasteiger partial charge in [-0.1, -0.05) is 19.3 Å². The second-order valence-electron chi connectivity index (χ2n) is 5.54. The van der Waals surface area contributed by atoms with Gasteiger partial charge in [0.25, 0.3) is 0 Å². The van der Waals surface area contributed by atoms with Gasteiger partial charge in [0.15, 0.2) is 0 Å². The molecule has 1 saturated heterocycles. The van der Waals surface area contributed by atoms with Gasteiger partial charge in [-0.25, -0.2) is 0 Å². The zero-order valence-electron chi connectivity index (χ0n) is 10.7. The highest BCUT2D eigenvalue weighted by atomic mass is 15.2. The van der Waals surface area contributed by atoms with Crippen LogP contribution < -0.4 is 10.6 Å². The molecule has 2 N–H and O–H groups in total. The first-order valence-electron chi connectivity index (χ1n) is 6.97. The Morgan fingerprint density at radius 2 is 2.06 bits per heavy atom. The maximum atomic E-state index is 3.59. The van der Waals surface area contributed by atoms with Crippen LogP contribution in [-0.2, 0) is 0 Å². The summed E-state index contributed by atoms with van der Waals surface area (Å²) in [5.41, 5.74) is 0. The third kappa shape index (κ3) is 4.04. The monoisotopic (exact) mass is 225 g/mol. The van der Waals surface area contributed by atoms with Gasteiger partial charge >= 0.3 is 0 Å². The average Bonchev–Trinajstić information content (AvgIpc) is 2.20. The molecule has 1 saturated carbocycles. The topological polar surface area (TPSA) is 27.3 Å². The molecule has 1 atom stereocenters. The number of rotatable bonds is 6. The van der Waals surface area contributed by atoms with Crippen molar-refractivity contribution >= 4 is 0 Å². The van der Waals surface area contributed by atoms with Crippen molar-refractivity contribution in [3.05, 3.63) is 0 Å². The lowest BCUT2D eigenvalue weighted by molar-refractivity contribution is 0.230. The van der Waals surface area contributed by atoms with E-state index in [1.165, 1.54) is 58.3 Å². The third-order valence-electron chi connectivity index (χ3n) is 4.08. The molecular formula is C13H27N3. The Labute approximate surface area is 100.0 Å². The van der Waals surface area contributed by atoms with E-state index in [0.29, 0.717) is 6.04 Å². The fourth-order valence-electron chi connectivity index (χ4n) is 2.67. The number of nitrogens with zero attached hydrogens (tertiary/aromatic N) is 1. The molecule has 94 valence electrons. The molecule has 16 heavy (non-hydrogen) atoms. The predicted molar refractivity (Wildman–Crippen MR) is 68.7 cm³/mol. The first kappa shape index (κ1) is 12.3. The molecule has 0 aromatic rings. The summed E-state index contributed by atoms with van der Waals surface area (Å²) in [6, 6.07) is 0.704. The molecule has 1 aliphatic heterocycles. The van der Waals surface area contributed by atoms with Crippen LogP contribution >= 0.6 is 0 Å². The summed E-state index contributed by atoms with van der Waals surface area (Å²) in [7, 11) is 2.22. The molecule has 2 aliphatic rings. The highest BCUT2D eigenvalue weighted by molar-refractivity contribution is 4.77. The van der Waals surface area contributed by atoms with Crippen LogP contribution in [-0.4, -0.2) is 50.7 Å². The molecule has 0 spiro atoms. The fraction of sp³-hybridized carbons (Fsp3) is 1.00. The Morgan fingerprint density at radius 1 is 1.25 bits per heavy atom. The van der Waals surface area contributed by atoms with E-state index in [0.717, 1.165) is 12.5 Å². The van der Waals surface area contributed by atoms with E-state index in [9.17, 15) is 0 Å². The van der Waals surface area contributed by atoms with Crippen LogP contribution in [0.1, 0.15) is 32.1 Å². The van der Waals surface area contributed by atoms with Crippen LogP contribution in [0.15, 0.2) is 0 Å². The van der Waals surface area contributed by atoms with Gasteiger partial charge in [0.1, 0.15) is 0 Å². The van der Waals surface area contributed by atoms with Crippen molar-refractivity contribution in [3.8, 4) is 0 Å². The van der Waals surface area contributed by atoms with Gasteiger partial charge in [-0.05, 0) is 38.9 Å². The minimum atomic E-state index is 0.704. The van der Waals surface area contributed by atoms with E-state index in [1.54, 1.807) is 0 Å². The Hall–Kier alpha value is -0.120. The normalized spacial score (nSPS) is 27.9. The summed E-state index contributed by atoms with van der Waals surface area (Å²) in [6.07, 6.45) is 7.11. The molecule has 3 heteroatoms. The predicted octanol–water partition coefficient (Wildman–Crippen LogP) is 1.06. The van der Waals surface area contributed by atoms with Crippen molar-refractivity contribution in [2.24, 2.45) is 5.92 Å². The molecule has 0 radical (unpaired) electrons. The van der Waals surface area contributed by atoms with Crippen LogP contribution in [0.5, 0.6) is 0 Å². The second-order valence-corrected chi connectivity index (χ2v) is 5.54. The molecule has 2 rings (SSSR count). The third-order valence-corrected chi connectivity index (χ3v) is 4.08. The SMILES string of the molecule is CN1CCNC(CCNCCC2CCC2)C1. The highest BCUT2D eigenvalue weighted by Crippen LogP contribution is 2.28. The summed E-state index contributed by atoms with van der Waals surface area (Å²) in [6.45, 7) is 5.98. The van der Waals surface area contributed by atoms with Crippen LogP contribution in [0, 0.1) is 5.92 Å². The number of likely N-dealkylation sites (N-methyl/N-ethyl adjacent to an activating group) is 1. The molecule has 0 aromatic carbocycles. The lowest BCUT2D eigenvalue weighted by Gasteiger charge is -2.31. The van der Waals surface area contributed by atoms with Crippen molar-refractivity contribution < 1.29 is 0 Å². The molecule has 1 heterocycles. The number of hydrogen-bond donors (Lipinski definition) is 2. The number of nitrogens with one attached hydrogen (secondary N) is 2. The molecule has 1 aliphatic carbocycles. The van der Waals surface area contributed by atoms with Gasteiger partial charge in [-0.3, -0.25) is 0 Å². The van der Waals surface area contributed by atoms with Gasteiger partial charge in [0, 0.05) is 25.7 Å². The van der Waals surface area contributed by atoms with Crippen LogP contribution in [0.3, 0.4) is 0 Å². The van der Waals surface area contributed by atoms with Crippen LogP contribution in [0.2, 0.25) is 0 Å². The first-order valence-corrected chi connectivity index (χ1v) is 6.97. The van der Waals surface area contributed by atoms with Crippen LogP contribution in [0.4, 0.5) is 0 Å². The maximum absolute atomic E-state index is 3.59. The number of piperazine rings is 1. The first-order chi connectivity index (χ1) is 7.84. The molecule has 0 aromatic heterocycles. The van der Waals surface area contributed by atoms with Gasteiger partial charge in [0.2, 0.25) is 0 Å². The molecule has 0 amide bonds. The average molecular weight is 225 g/mol. The van der Waals surface area contributed by atoms with Crippen molar-refractivity contribution in [2.75, 3.05) is 39.8 Å². The van der Waals surface area contributed by atoms with E-state index in [2.05, 4.69) is 22.6 Å². The standard InChI is InChI=1S/C13H27N3/c1-16-10-9-15-13(11-16)6-8-14-7-5-12-3-2-4-12/h12-15H,2-11H2,1H3. The van der Waals surface area contributed by atoms with E-state index < -0.39 is 0 Å². The molecule has 0 bridgehead atoms. The summed E-state index contributed by atoms with van der Waals surface area (Å²) in [5, 5.41) is 7.18. The lowest BCUT2D eigenvalue weighted by Crippen LogP contribution is -2.49. The Balaban J connectivity index is 1.44. The molecule has 2 fully saturated rings. The molecule has 1 unspecified atom stereocenters. The summed E-state index contributed by atoms with van der Waals surface area (Å²) in [5.74, 6) is 1.05. The smallest absolute Gasteiger partial charge is 0.0207 e. The largest absolute Gasteiger partial charge is 0.317 e. The fourth-order valence-corrected chi connectivity index (χ4v) is 2.67. The molecular weight excluding hydrogens is 198 g/mol. The van der Waals surface area contributed by atoms with E-state index in [4.69, 9.17) is 0 Å². The lowest BCUT2D eigenvalue weighted by atomic mass is 9.83. The highest BCUT2D eigenvalue weighted by Gasteiger charge is 2.17. The zero-order chi connectivity index (χ0) is 11.2. The van der Waals surface area contributed by atoms with E-state index in [-0.39, 0.29) is 0 Å². The van der Waals surface area contributed by atoms with Crippen molar-refractivity contribution in [1.29, 1.82) is 0 Å². The van der Waals surface area contributed by atoms with Gasteiger partial charge in [-0.15, -0.1) is 0 Å². The van der Waals surface area contributed by atoms with Gasteiger partial charge in [-0.2, -0.15) is 0 Å². The maximum Gasteiger partial charge on any atom is 0.0207 e. The Morgan fingerprint density at radius 3 is 2.75 bits per heavy atom. The summed E-state index contributed by atoms with van der Waals surface area (Å²) >= 11 is 0. The quantitative estimate of drug-likeness (QED) is 0.662. The van der Waals surface area contributed by atoms with Crippen LogP contribution in [0.25, 0.3) is 0 Å². The minimum Gasteiger partial charge on any atom is -0.317 e. The van der Waals surface area contributed by atoms with Crippen molar-refractivity contribution in [2.45, 2.75) is 38.1 Å². The van der Waals surface area contributed by atoms with Crippen molar-refractivity contribution in [3.63, 3.8) is 0 Å². The van der Waals surface area contributed by atoms with Gasteiger partial charge in [0.05, 0.1) is 0 Å². The molecule has 3 nitrogen and oxygen atoms in total. The van der Waals surface area contributed by atoms with E-state index in [1.807, 2.05) is 0 Å². The van der Waals surface area contributed by atoms with E-state index >= 15 is 0 Å². The van der Waals surface area contributed by atoms with Crippen molar-refractivity contribution in [1.82, 2.24) is 15.5 Å². The van der Waals surface area contributed by atoms with Gasteiger partial charge < -0.3 is 15.5 Å². The summed E-state index contributed by atoms with van der Waals surface area (Å²) < 4.78 is 0. The Kier molecular flexibility index (Phi) is 5.07.